The number of rotatable bonds is 2. The summed E-state index contributed by atoms with van der Waals surface area (Å²) in [6, 6.07) is 3.69. The van der Waals surface area contributed by atoms with Gasteiger partial charge in [0.25, 0.3) is 0 Å². The van der Waals surface area contributed by atoms with Crippen LogP contribution in [0.15, 0.2) is 12.1 Å². The summed E-state index contributed by atoms with van der Waals surface area (Å²) in [5, 5.41) is 7.43. The highest BCUT2D eigenvalue weighted by Gasteiger charge is 2.15. The van der Waals surface area contributed by atoms with Crippen LogP contribution >= 0.6 is 11.6 Å². The van der Waals surface area contributed by atoms with E-state index in [0.29, 0.717) is 16.6 Å². The number of anilines is 1. The number of aromatic amines is 1. The third-order valence-electron chi connectivity index (χ3n) is 2.75. The molecule has 3 N–H and O–H groups in total. The summed E-state index contributed by atoms with van der Waals surface area (Å²) in [6.45, 7) is 3.95. The Morgan fingerprint density at radius 2 is 2.06 bits per heavy atom. The Balaban J connectivity index is 2.66. The van der Waals surface area contributed by atoms with Crippen LogP contribution in [-0.2, 0) is 0 Å². The molecule has 17 heavy (non-hydrogen) atoms. The quantitative estimate of drug-likeness (QED) is 0.863. The molecule has 1 aromatic heterocycles. The molecule has 0 spiro atoms. The maximum absolute atomic E-state index is 6.24. The molecule has 0 aliphatic heterocycles. The second-order valence-electron chi connectivity index (χ2n) is 3.92. The van der Waals surface area contributed by atoms with Crippen molar-refractivity contribution in [3.05, 3.63) is 28.3 Å². The molecule has 1 heterocycles. The number of hydrogen-bond acceptors (Lipinski definition) is 3. The zero-order chi connectivity index (χ0) is 12.6. The summed E-state index contributed by atoms with van der Waals surface area (Å²) in [4.78, 5) is 0. The van der Waals surface area contributed by atoms with Gasteiger partial charge in [0.2, 0.25) is 0 Å². The molecule has 0 atom stereocenters. The number of halogens is 1. The summed E-state index contributed by atoms with van der Waals surface area (Å²) in [7, 11) is 1.61. The van der Waals surface area contributed by atoms with Crippen molar-refractivity contribution in [1.82, 2.24) is 10.2 Å². The molecule has 0 unspecified atom stereocenters. The minimum atomic E-state index is 0.464. The van der Waals surface area contributed by atoms with Gasteiger partial charge in [0, 0.05) is 11.6 Å². The van der Waals surface area contributed by atoms with Crippen molar-refractivity contribution >= 4 is 17.4 Å². The highest BCUT2D eigenvalue weighted by molar-refractivity contribution is 6.33. The lowest BCUT2D eigenvalue weighted by Crippen LogP contribution is -1.94. The smallest absolute Gasteiger partial charge is 0.145 e. The molecular formula is C12H14ClN3O. The van der Waals surface area contributed by atoms with Crippen LogP contribution in [0.1, 0.15) is 11.1 Å². The molecule has 1 aromatic carbocycles. The largest absolute Gasteiger partial charge is 0.495 e. The van der Waals surface area contributed by atoms with Crippen LogP contribution < -0.4 is 10.5 Å². The lowest BCUT2D eigenvalue weighted by Gasteiger charge is -2.13. The molecule has 4 nitrogen and oxygen atoms in total. The van der Waals surface area contributed by atoms with Crippen LogP contribution in [0.2, 0.25) is 5.02 Å². The van der Waals surface area contributed by atoms with Gasteiger partial charge in [-0.3, -0.25) is 5.10 Å². The SMILES string of the molecule is COc1cc(C)c(-c2cc(N)n[nH]2)c(C)c1Cl. The van der Waals surface area contributed by atoms with E-state index in [1.54, 1.807) is 13.2 Å². The lowest BCUT2D eigenvalue weighted by molar-refractivity contribution is 0.414. The van der Waals surface area contributed by atoms with Crippen molar-refractivity contribution in [1.29, 1.82) is 0 Å². The highest BCUT2D eigenvalue weighted by atomic mass is 35.5. The molecule has 0 amide bonds. The van der Waals surface area contributed by atoms with E-state index in [-0.39, 0.29) is 0 Å². The number of nitrogens with one attached hydrogen (secondary N) is 1. The maximum atomic E-state index is 6.24. The van der Waals surface area contributed by atoms with Crippen molar-refractivity contribution in [3.63, 3.8) is 0 Å². The highest BCUT2D eigenvalue weighted by Crippen LogP contribution is 2.37. The molecule has 0 radical (unpaired) electrons. The van der Waals surface area contributed by atoms with Crippen molar-refractivity contribution in [3.8, 4) is 17.0 Å². The Morgan fingerprint density at radius 3 is 2.59 bits per heavy atom. The van der Waals surface area contributed by atoms with Gasteiger partial charge in [-0.15, -0.1) is 0 Å². The average Bonchev–Trinajstić information content (AvgIpc) is 2.70. The number of aromatic nitrogens is 2. The molecule has 0 aliphatic carbocycles. The standard InChI is InChI=1S/C12H14ClN3O/c1-6-4-9(17-3)12(13)7(2)11(6)8-5-10(14)16-15-8/h4-5H,1-3H3,(H3,14,15,16). The van der Waals surface area contributed by atoms with Gasteiger partial charge in [0.1, 0.15) is 11.6 Å². The predicted molar refractivity (Wildman–Crippen MR) is 69.5 cm³/mol. The molecule has 5 heteroatoms. The van der Waals surface area contributed by atoms with E-state index in [4.69, 9.17) is 22.1 Å². The van der Waals surface area contributed by atoms with E-state index < -0.39 is 0 Å². The number of methoxy groups -OCH3 is 1. The molecule has 90 valence electrons. The average molecular weight is 252 g/mol. The van der Waals surface area contributed by atoms with E-state index in [0.717, 1.165) is 22.4 Å². The Kier molecular flexibility index (Phi) is 2.98. The summed E-state index contributed by atoms with van der Waals surface area (Å²) in [5.41, 5.74) is 9.50. The zero-order valence-corrected chi connectivity index (χ0v) is 10.7. The van der Waals surface area contributed by atoms with Crippen LogP contribution in [0.5, 0.6) is 5.75 Å². The first-order valence-electron chi connectivity index (χ1n) is 5.19. The van der Waals surface area contributed by atoms with Crippen LogP contribution in [-0.4, -0.2) is 17.3 Å². The Morgan fingerprint density at radius 1 is 1.35 bits per heavy atom. The molecule has 0 aliphatic rings. The predicted octanol–water partition coefficient (Wildman–Crippen LogP) is 2.94. The van der Waals surface area contributed by atoms with Crippen molar-refractivity contribution in [2.75, 3.05) is 12.8 Å². The van der Waals surface area contributed by atoms with Gasteiger partial charge in [-0.05, 0) is 31.0 Å². The Bertz CT molecular complexity index is 563. The first kappa shape index (κ1) is 11.8. The fourth-order valence-corrected chi connectivity index (χ4v) is 2.18. The molecule has 0 saturated heterocycles. The van der Waals surface area contributed by atoms with Crippen molar-refractivity contribution in [2.24, 2.45) is 0 Å². The van der Waals surface area contributed by atoms with Gasteiger partial charge in [-0.2, -0.15) is 5.10 Å². The van der Waals surface area contributed by atoms with Crippen molar-refractivity contribution < 1.29 is 4.74 Å². The Hall–Kier alpha value is -1.68. The van der Waals surface area contributed by atoms with Gasteiger partial charge in [-0.25, -0.2) is 0 Å². The van der Waals surface area contributed by atoms with E-state index in [2.05, 4.69) is 10.2 Å². The van der Waals surface area contributed by atoms with E-state index in [9.17, 15) is 0 Å². The Labute approximate surface area is 105 Å². The van der Waals surface area contributed by atoms with Crippen LogP contribution in [0.25, 0.3) is 11.3 Å². The number of nitrogen functional groups attached to an aromatic ring is 1. The van der Waals surface area contributed by atoms with Gasteiger partial charge in [-0.1, -0.05) is 11.6 Å². The first-order valence-corrected chi connectivity index (χ1v) is 5.57. The second-order valence-corrected chi connectivity index (χ2v) is 4.29. The topological polar surface area (TPSA) is 63.9 Å². The third kappa shape index (κ3) is 1.96. The monoisotopic (exact) mass is 251 g/mol. The van der Waals surface area contributed by atoms with Gasteiger partial charge in [0.15, 0.2) is 0 Å². The van der Waals surface area contributed by atoms with E-state index >= 15 is 0 Å². The normalized spacial score (nSPS) is 10.6. The number of ether oxygens (including phenoxy) is 1. The second kappa shape index (κ2) is 4.30. The molecule has 0 bridgehead atoms. The first-order chi connectivity index (χ1) is 8.04. The number of H-pyrrole nitrogens is 1. The van der Waals surface area contributed by atoms with Crippen LogP contribution in [0.4, 0.5) is 5.82 Å². The minimum Gasteiger partial charge on any atom is -0.495 e. The van der Waals surface area contributed by atoms with Crippen LogP contribution in [0, 0.1) is 13.8 Å². The molecule has 2 rings (SSSR count). The summed E-state index contributed by atoms with van der Waals surface area (Å²) in [5.74, 6) is 1.14. The molecule has 0 fully saturated rings. The number of aryl methyl sites for hydroxylation is 1. The molecule has 0 saturated carbocycles. The van der Waals surface area contributed by atoms with Gasteiger partial charge >= 0.3 is 0 Å². The molecule has 2 aromatic rings. The minimum absolute atomic E-state index is 0.464. The van der Waals surface area contributed by atoms with Gasteiger partial charge in [0.05, 0.1) is 17.8 Å². The fraction of sp³-hybridized carbons (Fsp3) is 0.250. The van der Waals surface area contributed by atoms with E-state index in [1.165, 1.54) is 0 Å². The fourth-order valence-electron chi connectivity index (χ4n) is 1.95. The lowest BCUT2D eigenvalue weighted by atomic mass is 9.99. The number of hydrogen-bond donors (Lipinski definition) is 2. The van der Waals surface area contributed by atoms with Crippen LogP contribution in [0.3, 0.4) is 0 Å². The molecular weight excluding hydrogens is 238 g/mol. The van der Waals surface area contributed by atoms with Gasteiger partial charge < -0.3 is 10.5 Å². The maximum Gasteiger partial charge on any atom is 0.145 e. The number of benzene rings is 1. The summed E-state index contributed by atoms with van der Waals surface area (Å²) < 4.78 is 5.22. The summed E-state index contributed by atoms with van der Waals surface area (Å²) in [6.07, 6.45) is 0. The van der Waals surface area contributed by atoms with E-state index in [1.807, 2.05) is 19.9 Å². The van der Waals surface area contributed by atoms with Crippen molar-refractivity contribution in [2.45, 2.75) is 13.8 Å². The zero-order valence-electron chi connectivity index (χ0n) is 9.97. The summed E-state index contributed by atoms with van der Waals surface area (Å²) >= 11 is 6.24. The number of nitrogens with two attached hydrogens (primary N) is 1. The number of nitrogens with zero attached hydrogens (tertiary/aromatic N) is 1. The third-order valence-corrected chi connectivity index (χ3v) is 3.22.